The van der Waals surface area contributed by atoms with Crippen LogP contribution in [0.1, 0.15) is 23.4 Å². The second-order valence-corrected chi connectivity index (χ2v) is 5.83. The maximum absolute atomic E-state index is 4.38. The lowest BCUT2D eigenvalue weighted by atomic mass is 10.2. The number of aryl methyl sites for hydroxylation is 2. The number of aromatic nitrogens is 4. The van der Waals surface area contributed by atoms with Crippen molar-refractivity contribution in [2.75, 3.05) is 25.0 Å². The van der Waals surface area contributed by atoms with Crippen molar-refractivity contribution in [3.8, 4) is 0 Å². The van der Waals surface area contributed by atoms with Crippen LogP contribution in [0.2, 0.25) is 0 Å². The number of likely N-dealkylation sites (tertiary alicyclic amines) is 1. The summed E-state index contributed by atoms with van der Waals surface area (Å²) in [5.74, 6) is 1.01. The smallest absolute Gasteiger partial charge is 0.132 e. The first-order valence-corrected chi connectivity index (χ1v) is 7.36. The van der Waals surface area contributed by atoms with Crippen LogP contribution in [-0.4, -0.2) is 51.2 Å². The van der Waals surface area contributed by atoms with Gasteiger partial charge in [-0.1, -0.05) is 0 Å². The van der Waals surface area contributed by atoms with Gasteiger partial charge in [-0.15, -0.1) is 0 Å². The van der Waals surface area contributed by atoms with Crippen molar-refractivity contribution in [2.45, 2.75) is 32.9 Å². The quantitative estimate of drug-likeness (QED) is 0.923. The Balaban J connectivity index is 1.63. The lowest BCUT2D eigenvalue weighted by molar-refractivity contribution is 0.325. The summed E-state index contributed by atoms with van der Waals surface area (Å²) < 4.78 is 0. The number of likely N-dealkylation sites (N-methyl/N-ethyl adjacent to an activating group) is 1. The van der Waals surface area contributed by atoms with Crippen LogP contribution >= 0.6 is 0 Å². The Morgan fingerprint density at radius 3 is 2.95 bits per heavy atom. The van der Waals surface area contributed by atoms with Gasteiger partial charge in [0.25, 0.3) is 0 Å². The van der Waals surface area contributed by atoms with Gasteiger partial charge in [-0.05, 0) is 20.3 Å². The van der Waals surface area contributed by atoms with E-state index >= 15 is 0 Å². The van der Waals surface area contributed by atoms with Crippen LogP contribution < -0.4 is 4.90 Å². The van der Waals surface area contributed by atoms with Gasteiger partial charge in [0.2, 0.25) is 0 Å². The molecule has 6 heteroatoms. The van der Waals surface area contributed by atoms with Gasteiger partial charge in [-0.25, -0.2) is 9.97 Å². The molecule has 1 N–H and O–H groups in total. The minimum Gasteiger partial charge on any atom is -0.355 e. The topological polar surface area (TPSA) is 60.9 Å². The van der Waals surface area contributed by atoms with Crippen LogP contribution in [0.25, 0.3) is 0 Å². The lowest BCUT2D eigenvalue weighted by Gasteiger charge is -2.26. The summed E-state index contributed by atoms with van der Waals surface area (Å²) in [6, 6.07) is 2.55. The van der Waals surface area contributed by atoms with Crippen molar-refractivity contribution in [3.05, 3.63) is 35.5 Å². The zero-order valence-corrected chi connectivity index (χ0v) is 12.9. The van der Waals surface area contributed by atoms with Crippen LogP contribution in [0.5, 0.6) is 0 Å². The van der Waals surface area contributed by atoms with E-state index in [-0.39, 0.29) is 0 Å². The van der Waals surface area contributed by atoms with E-state index in [0.29, 0.717) is 6.04 Å². The van der Waals surface area contributed by atoms with Crippen molar-refractivity contribution < 1.29 is 0 Å². The van der Waals surface area contributed by atoms with E-state index in [0.717, 1.165) is 37.6 Å². The normalized spacial score (nSPS) is 19.1. The van der Waals surface area contributed by atoms with Crippen LogP contribution in [0.4, 0.5) is 5.82 Å². The summed E-state index contributed by atoms with van der Waals surface area (Å²) in [6.07, 6.45) is 4.74. The van der Waals surface area contributed by atoms with Crippen LogP contribution in [-0.2, 0) is 6.54 Å². The third-order valence-electron chi connectivity index (χ3n) is 4.27. The summed E-state index contributed by atoms with van der Waals surface area (Å²) >= 11 is 0. The SMILES string of the molecule is Cc1cc(N(C)C2CCN(Cc3cn[nH]c3C)C2)ncn1. The second-order valence-electron chi connectivity index (χ2n) is 5.83. The van der Waals surface area contributed by atoms with E-state index < -0.39 is 0 Å². The Kier molecular flexibility index (Phi) is 3.88. The molecule has 1 saturated heterocycles. The Bertz CT molecular complexity index is 608. The summed E-state index contributed by atoms with van der Waals surface area (Å²) in [5, 5.41) is 7.10. The molecule has 2 aromatic rings. The highest BCUT2D eigenvalue weighted by Gasteiger charge is 2.27. The monoisotopic (exact) mass is 286 g/mol. The first-order valence-electron chi connectivity index (χ1n) is 7.36. The van der Waals surface area contributed by atoms with Gasteiger partial charge < -0.3 is 4.90 Å². The molecule has 112 valence electrons. The van der Waals surface area contributed by atoms with Crippen molar-refractivity contribution in [3.63, 3.8) is 0 Å². The van der Waals surface area contributed by atoms with Crippen molar-refractivity contribution >= 4 is 5.82 Å². The number of aromatic amines is 1. The fraction of sp³-hybridized carbons (Fsp3) is 0.533. The fourth-order valence-corrected chi connectivity index (χ4v) is 2.87. The molecule has 1 unspecified atom stereocenters. The van der Waals surface area contributed by atoms with E-state index in [1.165, 1.54) is 11.3 Å². The predicted molar refractivity (Wildman–Crippen MR) is 82.2 cm³/mol. The second kappa shape index (κ2) is 5.81. The molecule has 1 aliphatic rings. The van der Waals surface area contributed by atoms with Gasteiger partial charge in [0.15, 0.2) is 0 Å². The standard InChI is InChI=1S/C15H22N6/c1-11-6-15(17-10-16-11)20(3)14-4-5-21(9-14)8-13-7-18-19-12(13)2/h6-7,10,14H,4-5,8-9H2,1-3H3,(H,18,19). The van der Waals surface area contributed by atoms with E-state index in [1.807, 2.05) is 19.2 Å². The van der Waals surface area contributed by atoms with E-state index in [1.54, 1.807) is 6.33 Å². The molecule has 21 heavy (non-hydrogen) atoms. The molecule has 0 spiro atoms. The summed E-state index contributed by atoms with van der Waals surface area (Å²) in [4.78, 5) is 13.3. The number of anilines is 1. The molecular formula is C15H22N6. The summed E-state index contributed by atoms with van der Waals surface area (Å²) in [6.45, 7) is 7.22. The Labute approximate surface area is 125 Å². The highest BCUT2D eigenvalue weighted by Crippen LogP contribution is 2.21. The molecule has 6 nitrogen and oxygen atoms in total. The number of hydrogen-bond donors (Lipinski definition) is 1. The molecule has 0 radical (unpaired) electrons. The minimum atomic E-state index is 0.506. The number of nitrogens with zero attached hydrogens (tertiary/aromatic N) is 5. The van der Waals surface area contributed by atoms with E-state index in [4.69, 9.17) is 0 Å². The molecule has 0 bridgehead atoms. The zero-order chi connectivity index (χ0) is 14.8. The molecular weight excluding hydrogens is 264 g/mol. The number of nitrogens with one attached hydrogen (secondary N) is 1. The first kappa shape index (κ1) is 14.0. The van der Waals surface area contributed by atoms with E-state index in [9.17, 15) is 0 Å². The van der Waals surface area contributed by atoms with Gasteiger partial charge in [0, 0.05) is 55.7 Å². The first-order chi connectivity index (χ1) is 10.1. The van der Waals surface area contributed by atoms with Crippen molar-refractivity contribution in [1.82, 2.24) is 25.1 Å². The zero-order valence-electron chi connectivity index (χ0n) is 12.9. The van der Waals surface area contributed by atoms with Gasteiger partial charge in [-0.3, -0.25) is 10.00 Å². The average Bonchev–Trinajstić information content (AvgIpc) is 3.09. The summed E-state index contributed by atoms with van der Waals surface area (Å²) in [7, 11) is 2.12. The number of H-pyrrole nitrogens is 1. The number of hydrogen-bond acceptors (Lipinski definition) is 5. The maximum atomic E-state index is 4.38. The molecule has 3 heterocycles. The average molecular weight is 286 g/mol. The number of rotatable bonds is 4. The predicted octanol–water partition coefficient (Wildman–Crippen LogP) is 1.53. The molecule has 0 saturated carbocycles. The van der Waals surface area contributed by atoms with E-state index in [2.05, 4.69) is 43.9 Å². The molecule has 2 aromatic heterocycles. The van der Waals surface area contributed by atoms with Crippen molar-refractivity contribution in [1.29, 1.82) is 0 Å². The van der Waals surface area contributed by atoms with Gasteiger partial charge >= 0.3 is 0 Å². The molecule has 1 fully saturated rings. The van der Waals surface area contributed by atoms with Gasteiger partial charge in [0.1, 0.15) is 12.1 Å². The highest BCUT2D eigenvalue weighted by atomic mass is 15.3. The Morgan fingerprint density at radius 1 is 1.38 bits per heavy atom. The third kappa shape index (κ3) is 3.05. The molecule has 1 aliphatic heterocycles. The maximum Gasteiger partial charge on any atom is 0.132 e. The Hall–Kier alpha value is -1.95. The molecule has 0 aliphatic carbocycles. The molecule has 0 aromatic carbocycles. The molecule has 3 rings (SSSR count). The minimum absolute atomic E-state index is 0.506. The molecule has 1 atom stereocenters. The van der Waals surface area contributed by atoms with Crippen LogP contribution in [0.3, 0.4) is 0 Å². The highest BCUT2D eigenvalue weighted by molar-refractivity contribution is 5.39. The van der Waals surface area contributed by atoms with Crippen LogP contribution in [0, 0.1) is 13.8 Å². The largest absolute Gasteiger partial charge is 0.355 e. The van der Waals surface area contributed by atoms with Gasteiger partial charge in [-0.2, -0.15) is 5.10 Å². The fourth-order valence-electron chi connectivity index (χ4n) is 2.87. The molecule has 0 amide bonds. The van der Waals surface area contributed by atoms with Gasteiger partial charge in [0.05, 0.1) is 6.20 Å². The third-order valence-corrected chi connectivity index (χ3v) is 4.27. The lowest BCUT2D eigenvalue weighted by Crippen LogP contribution is -2.35. The van der Waals surface area contributed by atoms with Crippen molar-refractivity contribution in [2.24, 2.45) is 0 Å². The Morgan fingerprint density at radius 2 is 2.24 bits per heavy atom. The van der Waals surface area contributed by atoms with Crippen LogP contribution in [0.15, 0.2) is 18.6 Å². The summed E-state index contributed by atoms with van der Waals surface area (Å²) in [5.41, 5.74) is 3.46.